The number of benzene rings is 2. The van der Waals surface area contributed by atoms with Gasteiger partial charge in [0.25, 0.3) is 0 Å². The molecule has 0 bridgehead atoms. The number of hydrogen-bond acceptors (Lipinski definition) is 6. The van der Waals surface area contributed by atoms with Crippen molar-refractivity contribution in [3.05, 3.63) is 60.2 Å². The Labute approximate surface area is 182 Å². The Morgan fingerprint density at radius 1 is 0.968 bits per heavy atom. The van der Waals surface area contributed by atoms with Gasteiger partial charge in [-0.2, -0.15) is 5.10 Å². The molecule has 3 aromatic rings. The molecule has 0 aliphatic carbocycles. The van der Waals surface area contributed by atoms with Gasteiger partial charge in [0, 0.05) is 13.1 Å². The van der Waals surface area contributed by atoms with Crippen molar-refractivity contribution in [2.75, 3.05) is 27.9 Å². The van der Waals surface area contributed by atoms with Crippen molar-refractivity contribution < 1.29 is 14.2 Å². The van der Waals surface area contributed by atoms with E-state index in [0.717, 1.165) is 29.3 Å². The summed E-state index contributed by atoms with van der Waals surface area (Å²) in [5.41, 5.74) is 3.04. The van der Waals surface area contributed by atoms with E-state index >= 15 is 0 Å². The van der Waals surface area contributed by atoms with Crippen LogP contribution < -0.4 is 24.8 Å². The number of nitrogens with one attached hydrogen (secondary N) is 2. The van der Waals surface area contributed by atoms with E-state index in [-0.39, 0.29) is 0 Å². The van der Waals surface area contributed by atoms with Gasteiger partial charge >= 0.3 is 0 Å². The first kappa shape index (κ1) is 21.9. The summed E-state index contributed by atoms with van der Waals surface area (Å²) in [5, 5.41) is 10.8. The van der Waals surface area contributed by atoms with E-state index in [0.29, 0.717) is 30.3 Å². The molecule has 0 unspecified atom stereocenters. The maximum absolute atomic E-state index is 5.42. The molecular weight excluding hydrogens is 396 g/mol. The van der Waals surface area contributed by atoms with Crippen molar-refractivity contribution in [3.8, 4) is 22.9 Å². The third-order valence-corrected chi connectivity index (χ3v) is 4.57. The Morgan fingerprint density at radius 2 is 1.68 bits per heavy atom. The van der Waals surface area contributed by atoms with E-state index in [1.54, 1.807) is 32.3 Å². The highest BCUT2D eigenvalue weighted by atomic mass is 16.5. The van der Waals surface area contributed by atoms with Crippen molar-refractivity contribution in [2.45, 2.75) is 20.0 Å². The van der Waals surface area contributed by atoms with Gasteiger partial charge in [0.15, 0.2) is 17.5 Å². The molecule has 0 saturated heterocycles. The average Bonchev–Trinajstić information content (AvgIpc) is 3.35. The van der Waals surface area contributed by atoms with Gasteiger partial charge in [-0.1, -0.05) is 12.1 Å². The third-order valence-electron chi connectivity index (χ3n) is 4.57. The number of ether oxygens (including phenoxy) is 3. The Balaban J connectivity index is 1.68. The lowest BCUT2D eigenvalue weighted by molar-refractivity contribution is 0.324. The summed E-state index contributed by atoms with van der Waals surface area (Å²) in [6, 6.07) is 11.9. The second kappa shape index (κ2) is 10.9. The molecule has 0 atom stereocenters. The highest BCUT2D eigenvalue weighted by molar-refractivity contribution is 5.79. The van der Waals surface area contributed by atoms with Crippen LogP contribution in [0.2, 0.25) is 0 Å². The Kier molecular flexibility index (Phi) is 7.69. The molecular formula is C22H28N6O3. The minimum Gasteiger partial charge on any atom is -0.493 e. The van der Waals surface area contributed by atoms with E-state index < -0.39 is 0 Å². The van der Waals surface area contributed by atoms with Crippen LogP contribution in [0.3, 0.4) is 0 Å². The summed E-state index contributed by atoms with van der Waals surface area (Å²) in [5.74, 6) is 2.50. The monoisotopic (exact) mass is 424 g/mol. The number of methoxy groups -OCH3 is 3. The van der Waals surface area contributed by atoms with Crippen LogP contribution in [0, 0.1) is 0 Å². The zero-order valence-corrected chi connectivity index (χ0v) is 18.3. The standard InChI is InChI=1S/C22H28N6O3/c1-5-24-22(25-12-16-6-8-18(9-7-16)28-15-23-14-27-28)26-13-17-10-19(29-2)21(31-4)20(11-17)30-3/h6-11,14-15H,5,12-13H2,1-4H3,(H2,24,25,26). The number of rotatable bonds is 9. The maximum atomic E-state index is 5.42. The lowest BCUT2D eigenvalue weighted by Crippen LogP contribution is -2.36. The van der Waals surface area contributed by atoms with Crippen LogP contribution in [0.25, 0.3) is 5.69 Å². The number of aromatic nitrogens is 3. The third kappa shape index (κ3) is 5.65. The first-order valence-electron chi connectivity index (χ1n) is 9.93. The van der Waals surface area contributed by atoms with Gasteiger partial charge in [-0.05, 0) is 42.3 Å². The molecule has 0 amide bonds. The maximum Gasteiger partial charge on any atom is 0.203 e. The summed E-state index contributed by atoms with van der Waals surface area (Å²) >= 11 is 0. The lowest BCUT2D eigenvalue weighted by atomic mass is 10.2. The van der Waals surface area contributed by atoms with Gasteiger partial charge in [0.05, 0.1) is 33.6 Å². The molecule has 0 aliphatic rings. The van der Waals surface area contributed by atoms with Gasteiger partial charge in [-0.15, -0.1) is 0 Å². The molecule has 31 heavy (non-hydrogen) atoms. The first-order valence-corrected chi connectivity index (χ1v) is 9.93. The largest absolute Gasteiger partial charge is 0.493 e. The van der Waals surface area contributed by atoms with Crippen molar-refractivity contribution in [3.63, 3.8) is 0 Å². The van der Waals surface area contributed by atoms with Crippen molar-refractivity contribution in [1.29, 1.82) is 0 Å². The van der Waals surface area contributed by atoms with Crippen LogP contribution in [0.15, 0.2) is 54.0 Å². The van der Waals surface area contributed by atoms with Gasteiger partial charge in [0.1, 0.15) is 12.7 Å². The van der Waals surface area contributed by atoms with Crippen LogP contribution in [-0.4, -0.2) is 48.6 Å². The van der Waals surface area contributed by atoms with Gasteiger partial charge in [-0.3, -0.25) is 0 Å². The van der Waals surface area contributed by atoms with Crippen molar-refractivity contribution in [1.82, 2.24) is 25.4 Å². The number of hydrogen-bond donors (Lipinski definition) is 2. The molecule has 0 aliphatic heterocycles. The molecule has 0 saturated carbocycles. The molecule has 9 heteroatoms. The van der Waals surface area contributed by atoms with Crippen molar-refractivity contribution >= 4 is 5.96 Å². The summed E-state index contributed by atoms with van der Waals surface area (Å²) in [4.78, 5) is 8.65. The minimum absolute atomic E-state index is 0.456. The predicted molar refractivity (Wildman–Crippen MR) is 119 cm³/mol. The molecule has 0 fully saturated rings. The Morgan fingerprint density at radius 3 is 2.23 bits per heavy atom. The fraction of sp³-hybridized carbons (Fsp3) is 0.318. The summed E-state index contributed by atoms with van der Waals surface area (Å²) in [6.45, 7) is 3.88. The SMILES string of the molecule is CCNC(=NCc1cc(OC)c(OC)c(OC)c1)NCc1ccc(-n2cncn2)cc1. The van der Waals surface area contributed by atoms with Crippen LogP contribution in [0.5, 0.6) is 17.2 Å². The minimum atomic E-state index is 0.456. The van der Waals surface area contributed by atoms with Crippen LogP contribution >= 0.6 is 0 Å². The van der Waals surface area contributed by atoms with E-state index in [9.17, 15) is 0 Å². The zero-order chi connectivity index (χ0) is 22.1. The van der Waals surface area contributed by atoms with Gasteiger partial charge < -0.3 is 24.8 Å². The Hall–Kier alpha value is -3.75. The molecule has 3 rings (SSSR count). The van der Waals surface area contributed by atoms with Crippen molar-refractivity contribution in [2.24, 2.45) is 4.99 Å². The predicted octanol–water partition coefficient (Wildman–Crippen LogP) is 2.55. The van der Waals surface area contributed by atoms with Crippen LogP contribution in [0.1, 0.15) is 18.1 Å². The molecule has 1 aromatic heterocycles. The normalized spacial score (nSPS) is 11.2. The van der Waals surface area contributed by atoms with E-state index in [1.165, 1.54) is 6.33 Å². The van der Waals surface area contributed by atoms with E-state index in [4.69, 9.17) is 14.2 Å². The second-order valence-electron chi connectivity index (χ2n) is 6.59. The van der Waals surface area contributed by atoms with Gasteiger partial charge in [-0.25, -0.2) is 14.7 Å². The summed E-state index contributed by atoms with van der Waals surface area (Å²) in [6.07, 6.45) is 3.19. The second-order valence-corrected chi connectivity index (χ2v) is 6.59. The van der Waals surface area contributed by atoms with E-state index in [1.807, 2.05) is 43.3 Å². The van der Waals surface area contributed by atoms with Crippen LogP contribution in [-0.2, 0) is 13.1 Å². The van der Waals surface area contributed by atoms with Gasteiger partial charge in [0.2, 0.25) is 5.75 Å². The number of aliphatic imine (C=N–C) groups is 1. The molecule has 1 heterocycles. The highest BCUT2D eigenvalue weighted by Crippen LogP contribution is 2.38. The highest BCUT2D eigenvalue weighted by Gasteiger charge is 2.13. The molecule has 164 valence electrons. The molecule has 0 spiro atoms. The lowest BCUT2D eigenvalue weighted by Gasteiger charge is -2.14. The van der Waals surface area contributed by atoms with E-state index in [2.05, 4.69) is 25.7 Å². The van der Waals surface area contributed by atoms with Crippen LogP contribution in [0.4, 0.5) is 0 Å². The quantitative estimate of drug-likeness (QED) is 0.403. The molecule has 2 N–H and O–H groups in total. The fourth-order valence-corrected chi connectivity index (χ4v) is 3.03. The zero-order valence-electron chi connectivity index (χ0n) is 18.3. The smallest absolute Gasteiger partial charge is 0.203 e. The molecule has 2 aromatic carbocycles. The summed E-state index contributed by atoms with van der Waals surface area (Å²) < 4.78 is 17.9. The molecule has 9 nitrogen and oxygen atoms in total. The number of guanidine groups is 1. The average molecular weight is 425 g/mol. The first-order chi connectivity index (χ1) is 15.2. The number of nitrogens with zero attached hydrogens (tertiary/aromatic N) is 4. The molecule has 0 radical (unpaired) electrons. The Bertz CT molecular complexity index is 962. The topological polar surface area (TPSA) is 94.8 Å². The summed E-state index contributed by atoms with van der Waals surface area (Å²) in [7, 11) is 4.79. The fourth-order valence-electron chi connectivity index (χ4n) is 3.03.